The first-order valence-corrected chi connectivity index (χ1v) is 9.15. The van der Waals surface area contributed by atoms with Crippen molar-refractivity contribution in [1.82, 2.24) is 10.2 Å². The molecule has 134 valence electrons. The van der Waals surface area contributed by atoms with Gasteiger partial charge in [0.15, 0.2) is 11.6 Å². The molecule has 1 aliphatic heterocycles. The molecule has 0 aromatic heterocycles. The molecule has 1 atom stereocenters. The van der Waals surface area contributed by atoms with E-state index in [1.165, 1.54) is 6.07 Å². The first-order valence-electron chi connectivity index (χ1n) is 7.60. The number of amides is 1. The van der Waals surface area contributed by atoms with Gasteiger partial charge in [-0.1, -0.05) is 0 Å². The first-order chi connectivity index (χ1) is 11.3. The van der Waals surface area contributed by atoms with Crippen molar-refractivity contribution in [1.29, 1.82) is 0 Å². The summed E-state index contributed by atoms with van der Waals surface area (Å²) in [4.78, 5) is 13.7. The van der Waals surface area contributed by atoms with Crippen LogP contribution in [0.5, 0.6) is 5.75 Å². The quantitative estimate of drug-likeness (QED) is 0.784. The third-order valence-electron chi connectivity index (χ3n) is 4.12. The number of methoxy groups -OCH3 is 1. The summed E-state index contributed by atoms with van der Waals surface area (Å²) in [6, 6.07) is 2.52. The van der Waals surface area contributed by atoms with Crippen molar-refractivity contribution in [2.45, 2.75) is 30.2 Å². The Hall–Kier alpha value is -1.71. The molecule has 0 radical (unpaired) electrons. The minimum Gasteiger partial charge on any atom is -0.492 e. The Kier molecular flexibility index (Phi) is 5.79. The van der Waals surface area contributed by atoms with E-state index in [4.69, 9.17) is 9.88 Å². The van der Waals surface area contributed by atoms with E-state index in [2.05, 4.69) is 5.32 Å². The minimum absolute atomic E-state index is 0.0974. The van der Waals surface area contributed by atoms with Gasteiger partial charge < -0.3 is 15.0 Å². The number of hydrogen-bond acceptors (Lipinski definition) is 5. The topological polar surface area (TPSA) is 102 Å². The second-order valence-corrected chi connectivity index (χ2v) is 7.33. The number of ether oxygens (including phenoxy) is 1. The molecule has 1 amide bonds. The first kappa shape index (κ1) is 18.6. The maximum atomic E-state index is 14.1. The van der Waals surface area contributed by atoms with Crippen LogP contribution < -0.4 is 15.2 Å². The highest BCUT2D eigenvalue weighted by molar-refractivity contribution is 7.89. The average Bonchev–Trinajstić information content (AvgIpc) is 2.53. The number of nitrogens with one attached hydrogen (secondary N) is 1. The lowest BCUT2D eigenvalue weighted by atomic mass is 10.0. The van der Waals surface area contributed by atoms with Crippen molar-refractivity contribution in [3.8, 4) is 5.75 Å². The number of sulfonamides is 1. The molecule has 1 unspecified atom stereocenters. The third-order valence-corrected chi connectivity index (χ3v) is 5.03. The Bertz CT molecular complexity index is 724. The number of halogens is 1. The van der Waals surface area contributed by atoms with E-state index in [1.807, 2.05) is 7.05 Å². The molecular formula is C15H22FN3O4S. The number of carbonyl (C=O) groups is 1. The Morgan fingerprint density at radius 3 is 2.79 bits per heavy atom. The number of benzene rings is 1. The number of carbonyl (C=O) groups excluding carboxylic acids is 1. The number of nitrogens with two attached hydrogens (primary N) is 1. The van der Waals surface area contributed by atoms with Gasteiger partial charge in [0.1, 0.15) is 4.90 Å². The van der Waals surface area contributed by atoms with Gasteiger partial charge in [0.2, 0.25) is 15.9 Å². The number of rotatable bonds is 5. The van der Waals surface area contributed by atoms with Crippen LogP contribution in [-0.2, 0) is 21.2 Å². The van der Waals surface area contributed by atoms with E-state index in [9.17, 15) is 17.6 Å². The second kappa shape index (κ2) is 7.45. The van der Waals surface area contributed by atoms with Crippen LogP contribution in [0.3, 0.4) is 0 Å². The Morgan fingerprint density at radius 2 is 2.21 bits per heavy atom. The number of primary sulfonamides is 1. The van der Waals surface area contributed by atoms with Crippen LogP contribution in [-0.4, -0.2) is 52.5 Å². The molecule has 24 heavy (non-hydrogen) atoms. The highest BCUT2D eigenvalue weighted by atomic mass is 32.2. The van der Waals surface area contributed by atoms with Gasteiger partial charge in [-0.05, 0) is 37.6 Å². The van der Waals surface area contributed by atoms with Crippen LogP contribution in [0.15, 0.2) is 17.0 Å². The number of hydrogen-bond donors (Lipinski definition) is 2. The van der Waals surface area contributed by atoms with Gasteiger partial charge >= 0.3 is 0 Å². The Labute approximate surface area is 141 Å². The average molecular weight is 359 g/mol. The van der Waals surface area contributed by atoms with Crippen molar-refractivity contribution >= 4 is 15.9 Å². The molecule has 7 nitrogen and oxygen atoms in total. The lowest BCUT2D eigenvalue weighted by molar-refractivity contribution is -0.131. The molecular weight excluding hydrogens is 337 g/mol. The fourth-order valence-corrected chi connectivity index (χ4v) is 3.61. The smallest absolute Gasteiger partial charge is 0.241 e. The summed E-state index contributed by atoms with van der Waals surface area (Å²) in [5.74, 6) is -1.49. The summed E-state index contributed by atoms with van der Waals surface area (Å²) < 4.78 is 42.1. The maximum absolute atomic E-state index is 14.1. The zero-order valence-corrected chi connectivity index (χ0v) is 14.5. The van der Waals surface area contributed by atoms with Crippen LogP contribution in [0.1, 0.15) is 18.4 Å². The van der Waals surface area contributed by atoms with Crippen LogP contribution >= 0.6 is 0 Å². The molecule has 0 aliphatic carbocycles. The summed E-state index contributed by atoms with van der Waals surface area (Å²) >= 11 is 0. The SMILES string of the molecule is CNC1CCCN(C(=O)Cc2cc(F)c(OC)c(S(N)(=O)=O)c2)C1. The van der Waals surface area contributed by atoms with E-state index in [1.54, 1.807) is 4.90 Å². The van der Waals surface area contributed by atoms with Gasteiger partial charge in [0.25, 0.3) is 0 Å². The number of piperidine rings is 1. The molecule has 1 saturated heterocycles. The van der Waals surface area contributed by atoms with Crippen LogP contribution in [0.4, 0.5) is 4.39 Å². The predicted octanol–water partition coefficient (Wildman–Crippen LogP) is 0.235. The number of nitrogens with zero attached hydrogens (tertiary/aromatic N) is 1. The zero-order chi connectivity index (χ0) is 17.9. The molecule has 1 aromatic carbocycles. The Balaban J connectivity index is 2.23. The van der Waals surface area contributed by atoms with Gasteiger partial charge in [0, 0.05) is 19.1 Å². The standard InChI is InChI=1S/C15H22FN3O4S/c1-18-11-4-3-5-19(9-11)14(20)8-10-6-12(16)15(23-2)13(7-10)24(17,21)22/h6-7,11,18H,3-5,8-9H2,1-2H3,(H2,17,21,22). The molecule has 0 saturated carbocycles. The van der Waals surface area contributed by atoms with Gasteiger partial charge in [-0.2, -0.15) is 0 Å². The summed E-state index contributed by atoms with van der Waals surface area (Å²) in [5.41, 5.74) is 0.244. The van der Waals surface area contributed by atoms with E-state index in [-0.39, 0.29) is 23.9 Å². The lowest BCUT2D eigenvalue weighted by Crippen LogP contribution is -2.47. The van der Waals surface area contributed by atoms with Gasteiger partial charge in [-0.25, -0.2) is 17.9 Å². The minimum atomic E-state index is -4.16. The van der Waals surface area contributed by atoms with Crippen molar-refractivity contribution in [2.75, 3.05) is 27.2 Å². The van der Waals surface area contributed by atoms with E-state index < -0.39 is 26.5 Å². The summed E-state index contributed by atoms with van der Waals surface area (Å²) in [7, 11) is -1.16. The second-order valence-electron chi connectivity index (χ2n) is 5.80. The molecule has 2 rings (SSSR count). The number of likely N-dealkylation sites (N-methyl/N-ethyl adjacent to an activating group) is 1. The van der Waals surface area contributed by atoms with E-state index in [0.29, 0.717) is 13.1 Å². The van der Waals surface area contributed by atoms with E-state index >= 15 is 0 Å². The highest BCUT2D eigenvalue weighted by Gasteiger charge is 2.25. The highest BCUT2D eigenvalue weighted by Crippen LogP contribution is 2.28. The normalized spacial score (nSPS) is 18.5. The van der Waals surface area contributed by atoms with Crippen molar-refractivity contribution < 1.29 is 22.3 Å². The molecule has 0 spiro atoms. The Morgan fingerprint density at radius 1 is 1.50 bits per heavy atom. The fraction of sp³-hybridized carbons (Fsp3) is 0.533. The molecule has 1 heterocycles. The lowest BCUT2D eigenvalue weighted by Gasteiger charge is -2.32. The van der Waals surface area contributed by atoms with Crippen molar-refractivity contribution in [3.05, 3.63) is 23.5 Å². The summed E-state index contributed by atoms with van der Waals surface area (Å²) in [6.45, 7) is 1.22. The molecule has 1 fully saturated rings. The van der Waals surface area contributed by atoms with Crippen LogP contribution in [0.2, 0.25) is 0 Å². The van der Waals surface area contributed by atoms with Gasteiger partial charge in [-0.15, -0.1) is 0 Å². The maximum Gasteiger partial charge on any atom is 0.241 e. The van der Waals surface area contributed by atoms with E-state index in [0.717, 1.165) is 26.0 Å². The molecule has 1 aromatic rings. The molecule has 1 aliphatic rings. The molecule has 9 heteroatoms. The van der Waals surface area contributed by atoms with Crippen LogP contribution in [0, 0.1) is 5.82 Å². The molecule has 3 N–H and O–H groups in total. The van der Waals surface area contributed by atoms with Crippen molar-refractivity contribution in [3.63, 3.8) is 0 Å². The van der Waals surface area contributed by atoms with Crippen LogP contribution in [0.25, 0.3) is 0 Å². The zero-order valence-electron chi connectivity index (χ0n) is 13.7. The summed E-state index contributed by atoms with van der Waals surface area (Å²) in [5, 5.41) is 8.24. The third kappa shape index (κ3) is 4.22. The predicted molar refractivity (Wildman–Crippen MR) is 86.7 cm³/mol. The summed E-state index contributed by atoms with van der Waals surface area (Å²) in [6.07, 6.45) is 1.78. The monoisotopic (exact) mass is 359 g/mol. The largest absolute Gasteiger partial charge is 0.492 e. The van der Waals surface area contributed by atoms with Crippen molar-refractivity contribution in [2.24, 2.45) is 5.14 Å². The molecule has 0 bridgehead atoms. The van der Waals surface area contributed by atoms with Gasteiger partial charge in [-0.3, -0.25) is 4.79 Å². The van der Waals surface area contributed by atoms with Gasteiger partial charge in [0.05, 0.1) is 13.5 Å². The number of likely N-dealkylation sites (tertiary alicyclic amines) is 1. The fourth-order valence-electron chi connectivity index (χ4n) is 2.86.